The van der Waals surface area contributed by atoms with E-state index in [2.05, 4.69) is 22.1 Å². The lowest BCUT2D eigenvalue weighted by Crippen LogP contribution is -2.43. The lowest BCUT2D eigenvalue weighted by Gasteiger charge is -2.35. The molecule has 1 saturated heterocycles. The molecule has 196 valence electrons. The topological polar surface area (TPSA) is 77.2 Å². The quantitative estimate of drug-likeness (QED) is 0.213. The molecule has 8 nitrogen and oxygen atoms in total. The molecule has 0 spiro atoms. The predicted octanol–water partition coefficient (Wildman–Crippen LogP) is 5.04. The van der Waals surface area contributed by atoms with Crippen LogP contribution in [-0.4, -0.2) is 67.5 Å². The lowest BCUT2D eigenvalue weighted by molar-refractivity contribution is -0.130. The van der Waals surface area contributed by atoms with Crippen LogP contribution in [0.2, 0.25) is 0 Å². The van der Waals surface area contributed by atoms with E-state index in [1.165, 1.54) is 0 Å². The van der Waals surface area contributed by atoms with Crippen molar-refractivity contribution >= 4 is 11.6 Å². The summed E-state index contributed by atoms with van der Waals surface area (Å²) >= 11 is 0. The van der Waals surface area contributed by atoms with Gasteiger partial charge in [0.15, 0.2) is 0 Å². The van der Waals surface area contributed by atoms with E-state index < -0.39 is 0 Å². The predicted molar refractivity (Wildman–Crippen MR) is 149 cm³/mol. The third-order valence-electron chi connectivity index (χ3n) is 6.29. The van der Waals surface area contributed by atoms with Gasteiger partial charge < -0.3 is 14.9 Å². The van der Waals surface area contributed by atoms with Crippen LogP contribution in [0.25, 0.3) is 5.69 Å². The van der Waals surface area contributed by atoms with Gasteiger partial charge in [0.2, 0.25) is 5.91 Å². The largest absolute Gasteiger partial charge is 0.516 e. The number of allylic oxidation sites excluding steroid dienone is 5. The van der Waals surface area contributed by atoms with Gasteiger partial charge >= 0.3 is 0 Å². The molecule has 0 atom stereocenters. The first-order valence-electron chi connectivity index (χ1n) is 12.6. The number of rotatable bonds is 10. The molecule has 1 aromatic heterocycles. The molecule has 0 unspecified atom stereocenters. The maximum Gasteiger partial charge on any atom is 0.219 e. The van der Waals surface area contributed by atoms with Crippen LogP contribution in [-0.2, 0) is 11.3 Å². The van der Waals surface area contributed by atoms with E-state index in [-0.39, 0.29) is 11.9 Å². The zero-order valence-corrected chi connectivity index (χ0v) is 22.2. The van der Waals surface area contributed by atoms with Crippen LogP contribution in [0.4, 0.5) is 0 Å². The number of hydrogen-bond donors (Lipinski definition) is 1. The summed E-state index contributed by atoms with van der Waals surface area (Å²) in [6.45, 7) is 7.68. The Kier molecular flexibility index (Phi) is 10.3. The fraction of sp³-hybridized carbons (Fsp3) is 0.345. The average molecular weight is 503 g/mol. The van der Waals surface area contributed by atoms with Crippen molar-refractivity contribution in [1.29, 1.82) is 0 Å². The van der Waals surface area contributed by atoms with Gasteiger partial charge in [0.1, 0.15) is 0 Å². The maximum atomic E-state index is 11.7. The molecule has 0 saturated carbocycles. The van der Waals surface area contributed by atoms with Gasteiger partial charge in [0.05, 0.1) is 23.7 Å². The molecule has 37 heavy (non-hydrogen) atoms. The first-order chi connectivity index (χ1) is 17.9. The van der Waals surface area contributed by atoms with E-state index in [0.29, 0.717) is 6.54 Å². The number of hydrazone groups is 1. The molecule has 1 N–H and O–H groups in total. The van der Waals surface area contributed by atoms with Gasteiger partial charge in [-0.25, -0.2) is 4.68 Å². The minimum Gasteiger partial charge on any atom is -0.516 e. The number of carbonyl (C=O) groups is 1. The SMILES string of the molecule is C/C=C/C(=N/N(C)C1CCN(C(C)=O)CC1)C(/C=C\O)=C\N(/C=C/C)Cc1ccc(-n2cccn2)cc1. The second-order valence-corrected chi connectivity index (χ2v) is 8.97. The van der Waals surface area contributed by atoms with Crippen molar-refractivity contribution in [3.05, 3.63) is 96.8 Å². The lowest BCUT2D eigenvalue weighted by atomic mass is 10.0. The molecule has 1 amide bonds. The number of piperidine rings is 1. The van der Waals surface area contributed by atoms with Gasteiger partial charge in [0.25, 0.3) is 0 Å². The van der Waals surface area contributed by atoms with E-state index in [1.54, 1.807) is 19.2 Å². The third kappa shape index (κ3) is 7.96. The molecule has 2 aromatic rings. The number of carbonyl (C=O) groups excluding carboxylic acids is 1. The molecular weight excluding hydrogens is 464 g/mol. The summed E-state index contributed by atoms with van der Waals surface area (Å²) in [5, 5.41) is 20.9. The van der Waals surface area contributed by atoms with Crippen LogP contribution < -0.4 is 0 Å². The van der Waals surface area contributed by atoms with E-state index in [4.69, 9.17) is 5.10 Å². The molecule has 0 aliphatic carbocycles. The van der Waals surface area contributed by atoms with E-state index in [1.807, 2.05) is 90.5 Å². The van der Waals surface area contributed by atoms with Crippen LogP contribution in [0.15, 0.2) is 96.4 Å². The van der Waals surface area contributed by atoms with Crippen molar-refractivity contribution in [3.8, 4) is 5.69 Å². The first-order valence-corrected chi connectivity index (χ1v) is 12.6. The number of aliphatic hydroxyl groups excluding tert-OH is 1. The monoisotopic (exact) mass is 502 g/mol. The highest BCUT2D eigenvalue weighted by Crippen LogP contribution is 2.18. The minimum absolute atomic E-state index is 0.123. The summed E-state index contributed by atoms with van der Waals surface area (Å²) in [4.78, 5) is 15.6. The minimum atomic E-state index is 0.123. The van der Waals surface area contributed by atoms with Gasteiger partial charge in [-0.1, -0.05) is 24.3 Å². The first kappa shape index (κ1) is 27.5. The molecule has 1 aromatic carbocycles. The molecule has 1 fully saturated rings. The Bertz CT molecular complexity index is 1140. The molecule has 0 bridgehead atoms. The molecule has 8 heteroatoms. The van der Waals surface area contributed by atoms with Crippen LogP contribution in [0, 0.1) is 0 Å². The Labute approximate surface area is 220 Å². The Morgan fingerprint density at radius 1 is 1.16 bits per heavy atom. The number of nitrogens with zero attached hydrogens (tertiary/aromatic N) is 6. The van der Waals surface area contributed by atoms with Crippen molar-refractivity contribution in [1.82, 2.24) is 24.6 Å². The van der Waals surface area contributed by atoms with Crippen molar-refractivity contribution < 1.29 is 9.90 Å². The van der Waals surface area contributed by atoms with Crippen molar-refractivity contribution in [3.63, 3.8) is 0 Å². The maximum absolute atomic E-state index is 11.7. The summed E-state index contributed by atoms with van der Waals surface area (Å²) in [6, 6.07) is 10.4. The zero-order chi connectivity index (χ0) is 26.6. The molecule has 1 aliphatic heterocycles. The highest BCUT2D eigenvalue weighted by molar-refractivity contribution is 6.10. The third-order valence-corrected chi connectivity index (χ3v) is 6.29. The number of likely N-dealkylation sites (tertiary alicyclic amines) is 1. The summed E-state index contributed by atoms with van der Waals surface area (Å²) in [6.07, 6.45) is 18.0. The van der Waals surface area contributed by atoms with Crippen LogP contribution in [0.1, 0.15) is 39.2 Å². The molecule has 1 aliphatic rings. The Balaban J connectivity index is 1.81. The van der Waals surface area contributed by atoms with E-state index in [9.17, 15) is 9.90 Å². The van der Waals surface area contributed by atoms with Crippen molar-refractivity contribution in [2.75, 3.05) is 20.1 Å². The fourth-order valence-corrected chi connectivity index (χ4v) is 4.32. The highest BCUT2D eigenvalue weighted by atomic mass is 16.2. The van der Waals surface area contributed by atoms with Gasteiger partial charge in [-0.05, 0) is 68.8 Å². The Hall–Kier alpha value is -4.07. The second kappa shape index (κ2) is 13.9. The standard InChI is InChI=1S/C29H38N6O2/c1-5-8-29(31-32(4)27-13-19-34(20-14-27)24(3)37)26(15-21-36)23-33(17-6-2)22-25-9-11-28(12-10-25)35-18-7-16-30-35/h5-12,15-18,21,23,27,36H,13-14,19-20,22H2,1-4H3/b8-5+,17-6+,21-15-,26-23-,31-29-. The number of amides is 1. The molecular formula is C29H38N6O2. The summed E-state index contributed by atoms with van der Waals surface area (Å²) in [5.74, 6) is 0.123. The molecule has 0 radical (unpaired) electrons. The van der Waals surface area contributed by atoms with Crippen molar-refractivity contribution in [2.24, 2.45) is 5.10 Å². The highest BCUT2D eigenvalue weighted by Gasteiger charge is 2.23. The fourth-order valence-electron chi connectivity index (χ4n) is 4.32. The second-order valence-electron chi connectivity index (χ2n) is 8.97. The van der Waals surface area contributed by atoms with E-state index >= 15 is 0 Å². The molecule has 3 rings (SSSR count). The smallest absolute Gasteiger partial charge is 0.219 e. The van der Waals surface area contributed by atoms with Crippen LogP contribution in [0.3, 0.4) is 0 Å². The number of aromatic nitrogens is 2. The molecule has 2 heterocycles. The Morgan fingerprint density at radius 3 is 2.46 bits per heavy atom. The number of aliphatic hydroxyl groups is 1. The van der Waals surface area contributed by atoms with Gasteiger partial charge in [0, 0.05) is 57.8 Å². The summed E-state index contributed by atoms with van der Waals surface area (Å²) < 4.78 is 1.83. The normalized spacial score (nSPS) is 15.8. The average Bonchev–Trinajstić information content (AvgIpc) is 3.44. The van der Waals surface area contributed by atoms with Gasteiger partial charge in [-0.2, -0.15) is 10.2 Å². The summed E-state index contributed by atoms with van der Waals surface area (Å²) in [7, 11) is 1.97. The summed E-state index contributed by atoms with van der Waals surface area (Å²) in [5.41, 5.74) is 3.66. The van der Waals surface area contributed by atoms with Crippen LogP contribution in [0.5, 0.6) is 0 Å². The number of hydrogen-bond acceptors (Lipinski definition) is 6. The van der Waals surface area contributed by atoms with Gasteiger partial charge in [-0.15, -0.1) is 0 Å². The van der Waals surface area contributed by atoms with E-state index in [0.717, 1.165) is 54.7 Å². The van der Waals surface area contributed by atoms with Crippen LogP contribution >= 0.6 is 0 Å². The Morgan fingerprint density at radius 2 is 1.89 bits per heavy atom. The van der Waals surface area contributed by atoms with Crippen molar-refractivity contribution in [2.45, 2.75) is 46.2 Å². The zero-order valence-electron chi connectivity index (χ0n) is 22.2. The van der Waals surface area contributed by atoms with Gasteiger partial charge in [-0.3, -0.25) is 9.80 Å². The number of benzene rings is 1.